The summed E-state index contributed by atoms with van der Waals surface area (Å²) in [6.07, 6.45) is 2.65. The molecule has 0 spiro atoms. The van der Waals surface area contributed by atoms with Crippen molar-refractivity contribution in [3.8, 4) is 0 Å². The van der Waals surface area contributed by atoms with Gasteiger partial charge >= 0.3 is 6.09 Å². The summed E-state index contributed by atoms with van der Waals surface area (Å²) in [5.41, 5.74) is 5.27. The first-order valence-corrected chi connectivity index (χ1v) is 12.2. The molecular formula is C27H35N3O4. The van der Waals surface area contributed by atoms with E-state index in [1.54, 1.807) is 4.90 Å². The standard InChI is InChI=1S/C27H35N3O4/c1-5-33-25(34-6-2)16-17-29-23-15-14-22-21(13-12-19(3)30(22)27(31)32-4)26(23)28-24(29)18-20-10-8-7-9-11-20/h7-11,14-15,19,25H,5-6,12-13,16-18H2,1-4H3/t19-/m0/s1. The summed E-state index contributed by atoms with van der Waals surface area (Å²) in [5.74, 6) is 1.00. The number of anilines is 1. The lowest BCUT2D eigenvalue weighted by atomic mass is 9.96. The molecule has 0 radical (unpaired) electrons. The third-order valence-corrected chi connectivity index (χ3v) is 6.46. The Hall–Kier alpha value is -2.90. The van der Waals surface area contributed by atoms with Crippen molar-refractivity contribution in [1.82, 2.24) is 9.55 Å². The van der Waals surface area contributed by atoms with Gasteiger partial charge in [0.15, 0.2) is 6.29 Å². The topological polar surface area (TPSA) is 65.8 Å². The molecule has 34 heavy (non-hydrogen) atoms. The zero-order chi connectivity index (χ0) is 24.1. The summed E-state index contributed by atoms with van der Waals surface area (Å²) < 4.78 is 19.0. The van der Waals surface area contributed by atoms with Crippen molar-refractivity contribution in [2.24, 2.45) is 0 Å². The summed E-state index contributed by atoms with van der Waals surface area (Å²) in [4.78, 5) is 19.4. The number of ether oxygens (including phenoxy) is 3. The molecule has 0 saturated heterocycles. The maximum absolute atomic E-state index is 12.5. The van der Waals surface area contributed by atoms with E-state index in [0.29, 0.717) is 13.2 Å². The molecule has 0 bridgehead atoms. The number of fused-ring (bicyclic) bond motifs is 3. The van der Waals surface area contributed by atoms with Crippen LogP contribution in [0.5, 0.6) is 0 Å². The number of imidazole rings is 1. The van der Waals surface area contributed by atoms with E-state index < -0.39 is 0 Å². The van der Waals surface area contributed by atoms with E-state index in [1.165, 1.54) is 12.7 Å². The summed E-state index contributed by atoms with van der Waals surface area (Å²) >= 11 is 0. The molecule has 1 aliphatic heterocycles. The fourth-order valence-corrected chi connectivity index (χ4v) is 4.84. The lowest BCUT2D eigenvalue weighted by molar-refractivity contribution is -0.140. The van der Waals surface area contributed by atoms with Gasteiger partial charge in [0.25, 0.3) is 0 Å². The van der Waals surface area contributed by atoms with Gasteiger partial charge in [-0.15, -0.1) is 0 Å². The van der Waals surface area contributed by atoms with Crippen LogP contribution in [0.4, 0.5) is 10.5 Å². The molecule has 1 amide bonds. The minimum absolute atomic E-state index is 0.0846. The molecule has 0 N–H and O–H groups in total. The van der Waals surface area contributed by atoms with Gasteiger partial charge < -0.3 is 18.8 Å². The third-order valence-electron chi connectivity index (χ3n) is 6.46. The molecule has 1 aromatic heterocycles. The van der Waals surface area contributed by atoms with Crippen molar-refractivity contribution in [3.05, 3.63) is 59.4 Å². The van der Waals surface area contributed by atoms with E-state index in [0.717, 1.165) is 60.3 Å². The largest absolute Gasteiger partial charge is 0.452 e. The van der Waals surface area contributed by atoms with Crippen LogP contribution in [-0.4, -0.2) is 48.3 Å². The maximum atomic E-state index is 12.5. The van der Waals surface area contributed by atoms with Crippen LogP contribution in [0.2, 0.25) is 0 Å². The van der Waals surface area contributed by atoms with Crippen LogP contribution in [-0.2, 0) is 33.6 Å². The van der Waals surface area contributed by atoms with Crippen LogP contribution in [0, 0.1) is 0 Å². The number of benzene rings is 2. The first-order chi connectivity index (χ1) is 16.6. The number of aromatic nitrogens is 2. The van der Waals surface area contributed by atoms with Gasteiger partial charge in [0.1, 0.15) is 5.82 Å². The average Bonchev–Trinajstić information content (AvgIpc) is 3.20. The number of methoxy groups -OCH3 is 1. The van der Waals surface area contributed by atoms with Crippen LogP contribution in [0.25, 0.3) is 11.0 Å². The Bertz CT molecular complexity index is 1110. The molecule has 1 aliphatic rings. The highest BCUT2D eigenvalue weighted by atomic mass is 16.7. The summed E-state index contributed by atoms with van der Waals surface area (Å²) in [6.45, 7) is 7.99. The second-order valence-electron chi connectivity index (χ2n) is 8.63. The highest BCUT2D eigenvalue weighted by Crippen LogP contribution is 2.37. The first-order valence-electron chi connectivity index (χ1n) is 12.2. The van der Waals surface area contributed by atoms with Crippen molar-refractivity contribution < 1.29 is 19.0 Å². The number of carbonyl (C=O) groups excluding carboxylic acids is 1. The van der Waals surface area contributed by atoms with E-state index in [9.17, 15) is 4.79 Å². The molecule has 0 saturated carbocycles. The number of amides is 1. The average molecular weight is 466 g/mol. The maximum Gasteiger partial charge on any atom is 0.414 e. The molecule has 0 fully saturated rings. The molecule has 1 atom stereocenters. The van der Waals surface area contributed by atoms with E-state index in [4.69, 9.17) is 19.2 Å². The first kappa shape index (κ1) is 24.2. The van der Waals surface area contributed by atoms with E-state index >= 15 is 0 Å². The lowest BCUT2D eigenvalue weighted by Crippen LogP contribution is -2.42. The summed E-state index contributed by atoms with van der Waals surface area (Å²) in [6, 6.07) is 14.6. The van der Waals surface area contributed by atoms with Crippen LogP contribution in [0.15, 0.2) is 42.5 Å². The van der Waals surface area contributed by atoms with Gasteiger partial charge in [0, 0.05) is 44.2 Å². The van der Waals surface area contributed by atoms with E-state index in [2.05, 4.69) is 41.8 Å². The molecular weight excluding hydrogens is 430 g/mol. The molecule has 7 nitrogen and oxygen atoms in total. The van der Waals surface area contributed by atoms with Crippen molar-refractivity contribution in [2.75, 3.05) is 25.2 Å². The minimum atomic E-state index is -0.326. The monoisotopic (exact) mass is 465 g/mol. The molecule has 7 heteroatoms. The molecule has 2 aromatic carbocycles. The zero-order valence-corrected chi connectivity index (χ0v) is 20.6. The Kier molecular flexibility index (Phi) is 7.85. The lowest BCUT2D eigenvalue weighted by Gasteiger charge is -2.34. The highest BCUT2D eigenvalue weighted by Gasteiger charge is 2.31. The number of hydrogen-bond donors (Lipinski definition) is 0. The summed E-state index contributed by atoms with van der Waals surface area (Å²) in [5, 5.41) is 0. The number of aryl methyl sites for hydroxylation is 2. The van der Waals surface area contributed by atoms with Crippen molar-refractivity contribution >= 4 is 22.8 Å². The van der Waals surface area contributed by atoms with Crippen molar-refractivity contribution in [2.45, 2.75) is 65.3 Å². The van der Waals surface area contributed by atoms with Gasteiger partial charge in [-0.05, 0) is 51.3 Å². The number of hydrogen-bond acceptors (Lipinski definition) is 5. The van der Waals surface area contributed by atoms with Crippen LogP contribution in [0.3, 0.4) is 0 Å². The van der Waals surface area contributed by atoms with Gasteiger partial charge in [0.2, 0.25) is 0 Å². The van der Waals surface area contributed by atoms with E-state index in [-0.39, 0.29) is 18.4 Å². The quantitative estimate of drug-likeness (QED) is 0.400. The van der Waals surface area contributed by atoms with Crippen LogP contribution < -0.4 is 4.90 Å². The van der Waals surface area contributed by atoms with E-state index in [1.807, 2.05) is 26.0 Å². The molecule has 0 aliphatic carbocycles. The summed E-state index contributed by atoms with van der Waals surface area (Å²) in [7, 11) is 1.43. The number of carbonyl (C=O) groups is 1. The number of nitrogens with zero attached hydrogens (tertiary/aromatic N) is 3. The molecule has 0 unspecified atom stereocenters. The Labute approximate surface area is 201 Å². The highest BCUT2D eigenvalue weighted by molar-refractivity contribution is 5.95. The second kappa shape index (κ2) is 11.0. The predicted molar refractivity (Wildman–Crippen MR) is 133 cm³/mol. The Morgan fingerprint density at radius 1 is 1.12 bits per heavy atom. The smallest absolute Gasteiger partial charge is 0.414 e. The van der Waals surface area contributed by atoms with Crippen molar-refractivity contribution in [1.29, 1.82) is 0 Å². The van der Waals surface area contributed by atoms with Gasteiger partial charge in [0.05, 0.1) is 23.8 Å². The Morgan fingerprint density at radius 3 is 2.53 bits per heavy atom. The SMILES string of the molecule is CCOC(CCn1c(Cc2ccccc2)nc2c3c(ccc21)N(C(=O)OC)[C@@H](C)CC3)OCC. The van der Waals surface area contributed by atoms with Crippen molar-refractivity contribution in [3.63, 3.8) is 0 Å². The fraction of sp³-hybridized carbons (Fsp3) is 0.481. The van der Waals surface area contributed by atoms with Gasteiger partial charge in [-0.1, -0.05) is 30.3 Å². The van der Waals surface area contributed by atoms with Crippen LogP contribution >= 0.6 is 0 Å². The van der Waals surface area contributed by atoms with Gasteiger partial charge in [-0.3, -0.25) is 4.90 Å². The normalized spacial score (nSPS) is 15.7. The second-order valence-corrected chi connectivity index (χ2v) is 8.63. The molecule has 2 heterocycles. The molecule has 3 aromatic rings. The fourth-order valence-electron chi connectivity index (χ4n) is 4.84. The zero-order valence-electron chi connectivity index (χ0n) is 20.6. The Morgan fingerprint density at radius 2 is 1.85 bits per heavy atom. The third kappa shape index (κ3) is 4.95. The van der Waals surface area contributed by atoms with Gasteiger partial charge in [-0.2, -0.15) is 0 Å². The van der Waals surface area contributed by atoms with Gasteiger partial charge in [-0.25, -0.2) is 9.78 Å². The number of rotatable bonds is 9. The molecule has 182 valence electrons. The minimum Gasteiger partial charge on any atom is -0.452 e. The van der Waals surface area contributed by atoms with Crippen LogP contribution in [0.1, 0.15) is 50.6 Å². The Balaban J connectivity index is 1.76. The molecule has 4 rings (SSSR count). The predicted octanol–water partition coefficient (Wildman–Crippen LogP) is 5.32.